The molecule has 0 saturated heterocycles. The number of carbonyl (C=O) groups is 1. The second kappa shape index (κ2) is 4.91. The molecule has 4 nitrogen and oxygen atoms in total. The van der Waals surface area contributed by atoms with E-state index in [1.54, 1.807) is 7.05 Å². The molecule has 3 rings (SSSR count). The highest BCUT2D eigenvalue weighted by Crippen LogP contribution is 2.42. The van der Waals surface area contributed by atoms with Gasteiger partial charge in [-0.15, -0.1) is 11.8 Å². The predicted molar refractivity (Wildman–Crippen MR) is 83.2 cm³/mol. The fraction of sp³-hybridized carbons (Fsp3) is 0.375. The summed E-state index contributed by atoms with van der Waals surface area (Å²) in [5.74, 6) is -0.242. The average Bonchev–Trinajstić information content (AvgIpc) is 2.98. The van der Waals surface area contributed by atoms with Gasteiger partial charge in [-0.05, 0) is 43.0 Å². The zero-order valence-electron chi connectivity index (χ0n) is 12.6. The predicted octanol–water partition coefficient (Wildman–Crippen LogP) is 3.01. The molecule has 5 heteroatoms. The molecule has 110 valence electrons. The van der Waals surface area contributed by atoms with E-state index in [2.05, 4.69) is 12.0 Å². The largest absolute Gasteiger partial charge is 0.493 e. The van der Waals surface area contributed by atoms with Crippen LogP contribution >= 0.6 is 11.8 Å². The summed E-state index contributed by atoms with van der Waals surface area (Å²) < 4.78 is 1.31. The Morgan fingerprint density at radius 1 is 1.43 bits per heavy atom. The molecule has 2 aromatic rings. The molecule has 0 radical (unpaired) electrons. The van der Waals surface area contributed by atoms with Gasteiger partial charge in [-0.25, -0.2) is 4.68 Å². The van der Waals surface area contributed by atoms with Crippen LogP contribution in [0.3, 0.4) is 0 Å². The highest BCUT2D eigenvalue weighted by atomic mass is 32.2. The van der Waals surface area contributed by atoms with Crippen LogP contribution in [0.1, 0.15) is 39.5 Å². The Hall–Kier alpha value is -1.75. The summed E-state index contributed by atoms with van der Waals surface area (Å²) in [4.78, 5) is 14.0. The van der Waals surface area contributed by atoms with Crippen molar-refractivity contribution < 1.29 is 9.90 Å². The highest BCUT2D eigenvalue weighted by molar-refractivity contribution is 8.00. The zero-order chi connectivity index (χ0) is 15.3. The molecule has 0 spiro atoms. The topological polar surface area (TPSA) is 55.1 Å². The monoisotopic (exact) mass is 302 g/mol. The van der Waals surface area contributed by atoms with Crippen molar-refractivity contribution in [2.24, 2.45) is 7.05 Å². The van der Waals surface area contributed by atoms with Gasteiger partial charge < -0.3 is 5.11 Å². The van der Waals surface area contributed by atoms with Crippen LogP contribution in [0, 0.1) is 13.8 Å². The Morgan fingerprint density at radius 2 is 2.14 bits per heavy atom. The van der Waals surface area contributed by atoms with E-state index in [4.69, 9.17) is 0 Å². The Balaban J connectivity index is 2.12. The quantitative estimate of drug-likeness (QED) is 0.866. The number of aryl methyl sites for hydroxylation is 2. The second-order valence-electron chi connectivity index (χ2n) is 5.64. The first-order chi connectivity index (χ1) is 9.90. The van der Waals surface area contributed by atoms with Crippen molar-refractivity contribution >= 4 is 17.5 Å². The van der Waals surface area contributed by atoms with E-state index < -0.39 is 0 Å². The van der Waals surface area contributed by atoms with E-state index in [1.165, 1.54) is 21.3 Å². The van der Waals surface area contributed by atoms with Crippen LogP contribution < -0.4 is 0 Å². The van der Waals surface area contributed by atoms with Crippen LogP contribution in [0.5, 0.6) is 5.88 Å². The van der Waals surface area contributed by atoms with Gasteiger partial charge in [-0.3, -0.25) is 4.79 Å². The van der Waals surface area contributed by atoms with E-state index in [9.17, 15) is 9.90 Å². The number of thioether (sulfide) groups is 1. The molecule has 0 bridgehead atoms. The maximum Gasteiger partial charge on any atom is 0.220 e. The summed E-state index contributed by atoms with van der Waals surface area (Å²) in [7, 11) is 1.62. The highest BCUT2D eigenvalue weighted by Gasteiger charge is 2.27. The van der Waals surface area contributed by atoms with Crippen molar-refractivity contribution in [2.45, 2.75) is 37.3 Å². The van der Waals surface area contributed by atoms with E-state index in [0.29, 0.717) is 10.8 Å². The van der Waals surface area contributed by atoms with Crippen LogP contribution in [0.15, 0.2) is 17.2 Å². The SMILES string of the molecule is Cc1cc(C(=O)c2cnn(C)c2O)c(C)c2c1SC(C)C2. The lowest BCUT2D eigenvalue weighted by molar-refractivity contribution is 0.103. The lowest BCUT2D eigenvalue weighted by atomic mass is 9.92. The number of aromatic hydroxyl groups is 1. The fourth-order valence-corrected chi connectivity index (χ4v) is 4.15. The molecule has 1 N–H and O–H groups in total. The summed E-state index contributed by atoms with van der Waals surface area (Å²) in [5.41, 5.74) is 4.37. The normalized spacial score (nSPS) is 17.0. The number of hydrogen-bond donors (Lipinski definition) is 1. The first-order valence-electron chi connectivity index (χ1n) is 6.95. The maximum atomic E-state index is 12.7. The lowest BCUT2D eigenvalue weighted by Gasteiger charge is -2.12. The van der Waals surface area contributed by atoms with Gasteiger partial charge in [0.2, 0.25) is 5.88 Å². The summed E-state index contributed by atoms with van der Waals surface area (Å²) >= 11 is 1.88. The van der Waals surface area contributed by atoms with Gasteiger partial charge >= 0.3 is 0 Å². The zero-order valence-corrected chi connectivity index (χ0v) is 13.4. The minimum Gasteiger partial charge on any atom is -0.493 e. The van der Waals surface area contributed by atoms with Crippen molar-refractivity contribution in [2.75, 3.05) is 0 Å². The minimum atomic E-state index is -0.159. The number of aromatic nitrogens is 2. The Kier molecular flexibility index (Phi) is 3.32. The number of benzene rings is 1. The molecule has 1 aromatic carbocycles. The number of fused-ring (bicyclic) bond motifs is 1. The number of ketones is 1. The number of rotatable bonds is 2. The molecule has 2 heterocycles. The first kappa shape index (κ1) is 14.2. The summed E-state index contributed by atoms with van der Waals surface area (Å²) in [6, 6.07) is 1.94. The molecule has 21 heavy (non-hydrogen) atoms. The van der Waals surface area contributed by atoms with E-state index in [-0.39, 0.29) is 17.2 Å². The Morgan fingerprint density at radius 3 is 2.76 bits per heavy atom. The van der Waals surface area contributed by atoms with E-state index in [1.807, 2.05) is 31.7 Å². The van der Waals surface area contributed by atoms with Gasteiger partial charge in [-0.1, -0.05) is 6.92 Å². The van der Waals surface area contributed by atoms with Crippen molar-refractivity contribution in [3.63, 3.8) is 0 Å². The number of nitrogens with zero attached hydrogens (tertiary/aromatic N) is 2. The van der Waals surface area contributed by atoms with Gasteiger partial charge in [0.25, 0.3) is 0 Å². The third-order valence-electron chi connectivity index (χ3n) is 4.06. The Labute approximate surface area is 128 Å². The molecule has 1 unspecified atom stereocenters. The maximum absolute atomic E-state index is 12.7. The van der Waals surface area contributed by atoms with Crippen molar-refractivity contribution in [1.82, 2.24) is 9.78 Å². The smallest absolute Gasteiger partial charge is 0.220 e. The fourth-order valence-electron chi connectivity index (χ4n) is 2.87. The lowest BCUT2D eigenvalue weighted by Crippen LogP contribution is -2.07. The van der Waals surface area contributed by atoms with Gasteiger partial charge in [0, 0.05) is 22.8 Å². The van der Waals surface area contributed by atoms with Gasteiger partial charge in [-0.2, -0.15) is 5.10 Å². The van der Waals surface area contributed by atoms with Crippen LogP contribution in [0.4, 0.5) is 0 Å². The average molecular weight is 302 g/mol. The van der Waals surface area contributed by atoms with Crippen molar-refractivity contribution in [3.8, 4) is 5.88 Å². The second-order valence-corrected chi connectivity index (χ2v) is 7.09. The standard InChI is InChI=1S/C16H18N2O2S/c1-8-5-11(10(3)12-6-9(2)21-15(8)12)14(19)13-7-17-18(4)16(13)20/h5,7,9,20H,6H2,1-4H3. The Bertz CT molecular complexity index is 749. The molecule has 1 aliphatic heterocycles. The molecule has 1 aromatic heterocycles. The summed E-state index contributed by atoms with van der Waals surface area (Å²) in [6.07, 6.45) is 2.42. The molecule has 0 fully saturated rings. The molecule has 1 aliphatic rings. The number of hydrogen-bond acceptors (Lipinski definition) is 4. The molecular weight excluding hydrogens is 284 g/mol. The molecule has 0 amide bonds. The van der Waals surface area contributed by atoms with Crippen molar-refractivity contribution in [3.05, 3.63) is 40.1 Å². The van der Waals surface area contributed by atoms with E-state index in [0.717, 1.165) is 17.5 Å². The van der Waals surface area contributed by atoms with Crippen LogP contribution in [-0.4, -0.2) is 25.9 Å². The molecular formula is C16H18N2O2S. The van der Waals surface area contributed by atoms with Crippen LogP contribution in [-0.2, 0) is 13.5 Å². The molecule has 1 atom stereocenters. The van der Waals surface area contributed by atoms with Crippen molar-refractivity contribution in [1.29, 1.82) is 0 Å². The third kappa shape index (κ3) is 2.16. The van der Waals surface area contributed by atoms with Crippen LogP contribution in [0.25, 0.3) is 0 Å². The number of carbonyl (C=O) groups excluding carboxylic acids is 1. The van der Waals surface area contributed by atoms with Gasteiger partial charge in [0.15, 0.2) is 5.78 Å². The molecule has 0 aliphatic carbocycles. The summed E-state index contributed by atoms with van der Waals surface area (Å²) in [6.45, 7) is 6.25. The van der Waals surface area contributed by atoms with Gasteiger partial charge in [0.1, 0.15) is 5.56 Å². The molecule has 0 saturated carbocycles. The minimum absolute atomic E-state index is 0.0831. The van der Waals surface area contributed by atoms with Crippen LogP contribution in [0.2, 0.25) is 0 Å². The summed E-state index contributed by atoms with van der Waals surface area (Å²) in [5, 5.41) is 14.4. The van der Waals surface area contributed by atoms with Gasteiger partial charge in [0.05, 0.1) is 6.20 Å². The first-order valence-corrected chi connectivity index (χ1v) is 7.83. The van der Waals surface area contributed by atoms with E-state index >= 15 is 0 Å². The third-order valence-corrected chi connectivity index (χ3v) is 5.43.